The van der Waals surface area contributed by atoms with Gasteiger partial charge in [-0.15, -0.1) is 0 Å². The Hall–Kier alpha value is -1.09. The monoisotopic (exact) mass is 262 g/mol. The molecule has 1 aromatic carbocycles. The SMILES string of the molecule is CN(CC1CCC1)c1ccc(F)cc1CNC1CC1. The summed E-state index contributed by atoms with van der Waals surface area (Å²) in [6.07, 6.45) is 6.60. The van der Waals surface area contributed by atoms with Crippen LogP contribution in [-0.4, -0.2) is 19.6 Å². The fourth-order valence-corrected chi connectivity index (χ4v) is 2.77. The van der Waals surface area contributed by atoms with Crippen LogP contribution < -0.4 is 10.2 Å². The van der Waals surface area contributed by atoms with Crippen LogP contribution >= 0.6 is 0 Å². The summed E-state index contributed by atoms with van der Waals surface area (Å²) >= 11 is 0. The van der Waals surface area contributed by atoms with Crippen molar-refractivity contribution in [2.24, 2.45) is 5.92 Å². The van der Waals surface area contributed by atoms with E-state index in [4.69, 9.17) is 0 Å². The van der Waals surface area contributed by atoms with Crippen molar-refractivity contribution in [2.45, 2.75) is 44.7 Å². The molecular weight excluding hydrogens is 239 g/mol. The number of anilines is 1. The van der Waals surface area contributed by atoms with E-state index in [9.17, 15) is 4.39 Å². The van der Waals surface area contributed by atoms with Gasteiger partial charge in [0.05, 0.1) is 0 Å². The van der Waals surface area contributed by atoms with E-state index < -0.39 is 0 Å². The van der Waals surface area contributed by atoms with Gasteiger partial charge in [-0.3, -0.25) is 0 Å². The molecule has 0 unspecified atom stereocenters. The van der Waals surface area contributed by atoms with Crippen molar-refractivity contribution in [3.05, 3.63) is 29.6 Å². The van der Waals surface area contributed by atoms with E-state index in [1.54, 1.807) is 12.1 Å². The van der Waals surface area contributed by atoms with Gasteiger partial charge in [0.25, 0.3) is 0 Å². The van der Waals surface area contributed by atoms with E-state index in [1.807, 2.05) is 6.07 Å². The van der Waals surface area contributed by atoms with Crippen LogP contribution in [0.25, 0.3) is 0 Å². The summed E-state index contributed by atoms with van der Waals surface area (Å²) in [7, 11) is 2.13. The average molecular weight is 262 g/mol. The fourth-order valence-electron chi connectivity index (χ4n) is 2.77. The highest BCUT2D eigenvalue weighted by Crippen LogP contribution is 2.30. The van der Waals surface area contributed by atoms with Gasteiger partial charge in [-0.2, -0.15) is 0 Å². The normalized spacial score (nSPS) is 19.3. The first-order valence-electron chi connectivity index (χ1n) is 7.45. The van der Waals surface area contributed by atoms with Gasteiger partial charge in [0, 0.05) is 31.9 Å². The molecule has 0 atom stereocenters. The van der Waals surface area contributed by atoms with Gasteiger partial charge in [0.15, 0.2) is 0 Å². The molecule has 0 spiro atoms. The molecule has 3 rings (SSSR count). The predicted molar refractivity (Wildman–Crippen MR) is 76.9 cm³/mol. The lowest BCUT2D eigenvalue weighted by atomic mass is 9.85. The number of benzene rings is 1. The van der Waals surface area contributed by atoms with Crippen molar-refractivity contribution >= 4 is 5.69 Å². The third-order valence-corrected chi connectivity index (χ3v) is 4.37. The zero-order valence-corrected chi connectivity index (χ0v) is 11.7. The molecular formula is C16H23FN2. The minimum Gasteiger partial charge on any atom is -0.374 e. The Morgan fingerprint density at radius 3 is 2.68 bits per heavy atom. The molecule has 2 aliphatic carbocycles. The van der Waals surface area contributed by atoms with Gasteiger partial charge >= 0.3 is 0 Å². The van der Waals surface area contributed by atoms with Crippen LogP contribution in [0.2, 0.25) is 0 Å². The Bertz CT molecular complexity index is 438. The molecule has 0 saturated heterocycles. The first kappa shape index (κ1) is 12.9. The number of nitrogens with one attached hydrogen (secondary N) is 1. The molecule has 2 nitrogen and oxygen atoms in total. The first-order valence-corrected chi connectivity index (χ1v) is 7.45. The van der Waals surface area contributed by atoms with Crippen molar-refractivity contribution in [3.63, 3.8) is 0 Å². The van der Waals surface area contributed by atoms with Crippen LogP contribution in [0.3, 0.4) is 0 Å². The van der Waals surface area contributed by atoms with E-state index in [2.05, 4.69) is 17.3 Å². The molecule has 0 heterocycles. The average Bonchev–Trinajstić information content (AvgIpc) is 3.15. The number of nitrogens with zero attached hydrogens (tertiary/aromatic N) is 1. The maximum absolute atomic E-state index is 13.4. The molecule has 2 fully saturated rings. The van der Waals surface area contributed by atoms with Gasteiger partial charge in [-0.1, -0.05) is 6.42 Å². The van der Waals surface area contributed by atoms with E-state index in [0.717, 1.165) is 24.6 Å². The number of rotatable bonds is 6. The Labute approximate surface area is 115 Å². The van der Waals surface area contributed by atoms with Crippen molar-refractivity contribution in [1.29, 1.82) is 0 Å². The predicted octanol–water partition coefficient (Wildman–Crippen LogP) is 3.31. The zero-order valence-electron chi connectivity index (χ0n) is 11.7. The molecule has 0 aromatic heterocycles. The largest absolute Gasteiger partial charge is 0.374 e. The minimum absolute atomic E-state index is 0.131. The van der Waals surface area contributed by atoms with Gasteiger partial charge in [-0.25, -0.2) is 4.39 Å². The molecule has 0 radical (unpaired) electrons. The van der Waals surface area contributed by atoms with Crippen LogP contribution in [0.1, 0.15) is 37.7 Å². The molecule has 3 heteroatoms. The minimum atomic E-state index is -0.131. The van der Waals surface area contributed by atoms with Crippen molar-refractivity contribution in [3.8, 4) is 0 Å². The highest BCUT2D eigenvalue weighted by atomic mass is 19.1. The van der Waals surface area contributed by atoms with Crippen LogP contribution in [0, 0.1) is 11.7 Å². The van der Waals surface area contributed by atoms with Crippen LogP contribution in [0.15, 0.2) is 18.2 Å². The number of halogens is 1. The second-order valence-corrected chi connectivity index (χ2v) is 6.11. The third-order valence-electron chi connectivity index (χ3n) is 4.37. The van der Waals surface area contributed by atoms with Crippen LogP contribution in [0.5, 0.6) is 0 Å². The smallest absolute Gasteiger partial charge is 0.123 e. The van der Waals surface area contributed by atoms with Gasteiger partial charge in [0.2, 0.25) is 0 Å². The van der Waals surface area contributed by atoms with E-state index in [-0.39, 0.29) is 5.82 Å². The van der Waals surface area contributed by atoms with E-state index >= 15 is 0 Å². The summed E-state index contributed by atoms with van der Waals surface area (Å²) < 4.78 is 13.4. The molecule has 104 valence electrons. The quantitative estimate of drug-likeness (QED) is 0.846. The number of hydrogen-bond donors (Lipinski definition) is 1. The molecule has 0 amide bonds. The zero-order chi connectivity index (χ0) is 13.2. The lowest BCUT2D eigenvalue weighted by Crippen LogP contribution is -2.30. The first-order chi connectivity index (χ1) is 9.22. The highest BCUT2D eigenvalue weighted by molar-refractivity contribution is 5.53. The maximum Gasteiger partial charge on any atom is 0.123 e. The highest BCUT2D eigenvalue weighted by Gasteiger charge is 2.22. The summed E-state index contributed by atoms with van der Waals surface area (Å²) in [4.78, 5) is 2.30. The fraction of sp³-hybridized carbons (Fsp3) is 0.625. The third kappa shape index (κ3) is 3.27. The molecule has 19 heavy (non-hydrogen) atoms. The summed E-state index contributed by atoms with van der Waals surface area (Å²) in [6.45, 7) is 1.88. The summed E-state index contributed by atoms with van der Waals surface area (Å²) in [5.74, 6) is 0.702. The summed E-state index contributed by atoms with van der Waals surface area (Å²) in [6, 6.07) is 5.85. The lowest BCUT2D eigenvalue weighted by Gasteiger charge is -2.32. The number of hydrogen-bond acceptors (Lipinski definition) is 2. The Balaban J connectivity index is 1.69. The van der Waals surface area contributed by atoms with E-state index in [1.165, 1.54) is 37.8 Å². The van der Waals surface area contributed by atoms with Gasteiger partial charge in [0.1, 0.15) is 5.82 Å². The Morgan fingerprint density at radius 2 is 2.05 bits per heavy atom. The van der Waals surface area contributed by atoms with Crippen LogP contribution in [-0.2, 0) is 6.54 Å². The Kier molecular flexibility index (Phi) is 3.74. The lowest BCUT2D eigenvalue weighted by molar-refractivity contribution is 0.321. The Morgan fingerprint density at radius 1 is 1.26 bits per heavy atom. The van der Waals surface area contributed by atoms with Crippen molar-refractivity contribution in [1.82, 2.24) is 5.32 Å². The standard InChI is InChI=1S/C16H23FN2/c1-19(11-12-3-2-4-12)16-8-5-14(17)9-13(16)10-18-15-6-7-15/h5,8-9,12,15,18H,2-4,6-7,10-11H2,1H3. The second kappa shape index (κ2) is 5.49. The van der Waals surface area contributed by atoms with E-state index in [0.29, 0.717) is 6.04 Å². The molecule has 0 aliphatic heterocycles. The van der Waals surface area contributed by atoms with Crippen LogP contribution in [0.4, 0.5) is 10.1 Å². The summed E-state index contributed by atoms with van der Waals surface area (Å²) in [5.41, 5.74) is 2.27. The molecule has 0 bridgehead atoms. The van der Waals surface area contributed by atoms with Gasteiger partial charge in [-0.05, 0) is 55.4 Å². The maximum atomic E-state index is 13.4. The molecule has 2 aliphatic rings. The van der Waals surface area contributed by atoms with Crippen molar-refractivity contribution < 1.29 is 4.39 Å². The molecule has 1 N–H and O–H groups in total. The second-order valence-electron chi connectivity index (χ2n) is 6.11. The van der Waals surface area contributed by atoms with Crippen molar-refractivity contribution in [2.75, 3.05) is 18.5 Å². The molecule has 2 saturated carbocycles. The summed E-state index contributed by atoms with van der Waals surface area (Å²) in [5, 5.41) is 3.48. The van der Waals surface area contributed by atoms with Gasteiger partial charge < -0.3 is 10.2 Å². The molecule has 1 aromatic rings. The topological polar surface area (TPSA) is 15.3 Å².